The summed E-state index contributed by atoms with van der Waals surface area (Å²) in [6.45, 7) is 4.82. The quantitative estimate of drug-likeness (QED) is 0.881. The number of nitrogens with one attached hydrogen (secondary N) is 1. The molecule has 1 unspecified atom stereocenters. The zero-order valence-corrected chi connectivity index (χ0v) is 12.7. The Hall–Kier alpha value is -1.94. The number of rotatable bonds is 6. The van der Waals surface area contributed by atoms with Gasteiger partial charge in [0.05, 0.1) is 13.2 Å². The fourth-order valence-electron chi connectivity index (χ4n) is 2.25. The number of aryl methyl sites for hydroxylation is 1. The van der Waals surface area contributed by atoms with E-state index in [0.29, 0.717) is 5.56 Å². The van der Waals surface area contributed by atoms with Gasteiger partial charge in [-0.25, -0.2) is 4.39 Å². The summed E-state index contributed by atoms with van der Waals surface area (Å²) >= 11 is 0. The fourth-order valence-corrected chi connectivity index (χ4v) is 2.25. The van der Waals surface area contributed by atoms with Crippen molar-refractivity contribution in [1.82, 2.24) is 10.3 Å². The van der Waals surface area contributed by atoms with E-state index in [4.69, 9.17) is 4.74 Å². The molecule has 21 heavy (non-hydrogen) atoms. The van der Waals surface area contributed by atoms with Crippen molar-refractivity contribution in [3.8, 4) is 5.75 Å². The van der Waals surface area contributed by atoms with Crippen LogP contribution in [0.4, 0.5) is 4.39 Å². The lowest BCUT2D eigenvalue weighted by atomic mass is 9.98. The molecule has 0 amide bonds. The van der Waals surface area contributed by atoms with E-state index in [-0.39, 0.29) is 17.6 Å². The normalized spacial score (nSPS) is 12.2. The van der Waals surface area contributed by atoms with Crippen LogP contribution in [0.3, 0.4) is 0 Å². The van der Waals surface area contributed by atoms with Gasteiger partial charge in [-0.15, -0.1) is 0 Å². The average Bonchev–Trinajstić information content (AvgIpc) is 2.50. The highest BCUT2D eigenvalue weighted by Gasteiger charge is 2.19. The highest BCUT2D eigenvalue weighted by atomic mass is 19.1. The topological polar surface area (TPSA) is 34.2 Å². The third-order valence-electron chi connectivity index (χ3n) is 3.39. The Morgan fingerprint density at radius 3 is 2.71 bits per heavy atom. The maximum absolute atomic E-state index is 14.5. The molecule has 1 aromatic carbocycles. The van der Waals surface area contributed by atoms with Gasteiger partial charge < -0.3 is 10.1 Å². The Kier molecular flexibility index (Phi) is 5.28. The average molecular weight is 288 g/mol. The highest BCUT2D eigenvalue weighted by molar-refractivity contribution is 5.38. The Labute approximate surface area is 125 Å². The van der Waals surface area contributed by atoms with Crippen LogP contribution in [-0.4, -0.2) is 18.6 Å². The Morgan fingerprint density at radius 2 is 2.10 bits per heavy atom. The second kappa shape index (κ2) is 7.18. The molecule has 1 heterocycles. The first-order valence-corrected chi connectivity index (χ1v) is 7.15. The summed E-state index contributed by atoms with van der Waals surface area (Å²) in [5.41, 5.74) is 2.47. The van der Waals surface area contributed by atoms with Gasteiger partial charge in [0.1, 0.15) is 0 Å². The summed E-state index contributed by atoms with van der Waals surface area (Å²) in [5, 5.41) is 3.38. The summed E-state index contributed by atoms with van der Waals surface area (Å²) < 4.78 is 19.6. The van der Waals surface area contributed by atoms with Gasteiger partial charge in [-0.2, -0.15) is 0 Å². The number of hydrogen-bond donors (Lipinski definition) is 1. The molecular formula is C17H21FN2O. The molecular weight excluding hydrogens is 267 g/mol. The molecule has 0 radical (unpaired) electrons. The second-order valence-corrected chi connectivity index (χ2v) is 4.98. The van der Waals surface area contributed by atoms with E-state index in [0.717, 1.165) is 24.2 Å². The number of methoxy groups -OCH3 is 1. The molecule has 1 atom stereocenters. The fraction of sp³-hybridized carbons (Fsp3) is 0.353. The van der Waals surface area contributed by atoms with Gasteiger partial charge in [0.25, 0.3) is 0 Å². The SMILES string of the molecule is CCCNC(c1ccc(C)nc1)c1cccc(OC)c1F. The molecule has 112 valence electrons. The highest BCUT2D eigenvalue weighted by Crippen LogP contribution is 2.29. The van der Waals surface area contributed by atoms with Gasteiger partial charge >= 0.3 is 0 Å². The predicted molar refractivity (Wildman–Crippen MR) is 82.1 cm³/mol. The van der Waals surface area contributed by atoms with Crippen molar-refractivity contribution in [2.24, 2.45) is 0 Å². The first kappa shape index (κ1) is 15.4. The Bertz CT molecular complexity index is 584. The molecule has 0 fully saturated rings. The standard InChI is InChI=1S/C17H21FN2O/c1-4-10-19-17(13-9-8-12(2)20-11-13)14-6-5-7-15(21-3)16(14)18/h5-9,11,17,19H,4,10H2,1-3H3. The van der Waals surface area contributed by atoms with E-state index in [1.165, 1.54) is 7.11 Å². The van der Waals surface area contributed by atoms with Crippen LogP contribution < -0.4 is 10.1 Å². The van der Waals surface area contributed by atoms with Crippen LogP contribution in [0, 0.1) is 12.7 Å². The number of pyridine rings is 1. The minimum absolute atomic E-state index is 0.229. The van der Waals surface area contributed by atoms with E-state index >= 15 is 0 Å². The molecule has 2 rings (SSSR count). The monoisotopic (exact) mass is 288 g/mol. The van der Waals surface area contributed by atoms with Crippen molar-refractivity contribution in [3.05, 3.63) is 59.2 Å². The van der Waals surface area contributed by atoms with E-state index in [9.17, 15) is 4.39 Å². The lowest BCUT2D eigenvalue weighted by Gasteiger charge is -2.20. The smallest absolute Gasteiger partial charge is 0.170 e. The van der Waals surface area contributed by atoms with E-state index in [1.807, 2.05) is 19.1 Å². The number of benzene rings is 1. The van der Waals surface area contributed by atoms with E-state index < -0.39 is 0 Å². The summed E-state index contributed by atoms with van der Waals surface area (Å²) in [6, 6.07) is 8.91. The molecule has 0 aliphatic carbocycles. The minimum Gasteiger partial charge on any atom is -0.494 e. The van der Waals surface area contributed by atoms with Crippen molar-refractivity contribution in [2.75, 3.05) is 13.7 Å². The van der Waals surface area contributed by atoms with Crippen molar-refractivity contribution >= 4 is 0 Å². The summed E-state index contributed by atoms with van der Waals surface area (Å²) in [7, 11) is 1.48. The van der Waals surface area contributed by atoms with Gasteiger partial charge in [-0.3, -0.25) is 4.98 Å². The summed E-state index contributed by atoms with van der Waals surface area (Å²) in [5.74, 6) is -0.0648. The van der Waals surface area contributed by atoms with Crippen LogP contribution in [0.25, 0.3) is 0 Å². The maximum Gasteiger partial charge on any atom is 0.170 e. The molecule has 0 saturated heterocycles. The van der Waals surface area contributed by atoms with Gasteiger partial charge in [-0.05, 0) is 37.6 Å². The molecule has 0 aliphatic rings. The van der Waals surface area contributed by atoms with Gasteiger partial charge in [0.15, 0.2) is 11.6 Å². The molecule has 1 aromatic heterocycles. The second-order valence-electron chi connectivity index (χ2n) is 4.98. The van der Waals surface area contributed by atoms with Crippen LogP contribution in [0.2, 0.25) is 0 Å². The third kappa shape index (κ3) is 3.58. The molecule has 3 nitrogen and oxygen atoms in total. The van der Waals surface area contributed by atoms with Crippen molar-refractivity contribution in [1.29, 1.82) is 0 Å². The Balaban J connectivity index is 2.42. The van der Waals surface area contributed by atoms with Crippen LogP contribution in [0.5, 0.6) is 5.75 Å². The first-order chi connectivity index (χ1) is 10.2. The van der Waals surface area contributed by atoms with Gasteiger partial charge in [0, 0.05) is 17.5 Å². The van der Waals surface area contributed by atoms with Crippen molar-refractivity contribution < 1.29 is 9.13 Å². The first-order valence-electron chi connectivity index (χ1n) is 7.15. The third-order valence-corrected chi connectivity index (χ3v) is 3.39. The van der Waals surface area contributed by atoms with Crippen LogP contribution in [-0.2, 0) is 0 Å². The maximum atomic E-state index is 14.5. The number of nitrogens with zero attached hydrogens (tertiary/aromatic N) is 1. The number of ether oxygens (including phenoxy) is 1. The van der Waals surface area contributed by atoms with Crippen LogP contribution in [0.1, 0.15) is 36.2 Å². The molecule has 2 aromatic rings. The van der Waals surface area contributed by atoms with Crippen LogP contribution >= 0.6 is 0 Å². The minimum atomic E-state index is -0.325. The van der Waals surface area contributed by atoms with Crippen molar-refractivity contribution in [3.63, 3.8) is 0 Å². The Morgan fingerprint density at radius 1 is 1.29 bits per heavy atom. The summed E-state index contributed by atoms with van der Waals surface area (Å²) in [4.78, 5) is 4.31. The molecule has 1 N–H and O–H groups in total. The summed E-state index contributed by atoms with van der Waals surface area (Å²) in [6.07, 6.45) is 2.77. The van der Waals surface area contributed by atoms with Crippen molar-refractivity contribution in [2.45, 2.75) is 26.3 Å². The number of hydrogen-bond acceptors (Lipinski definition) is 3. The molecule has 0 bridgehead atoms. The molecule has 0 saturated carbocycles. The van der Waals surface area contributed by atoms with E-state index in [1.54, 1.807) is 24.4 Å². The zero-order chi connectivity index (χ0) is 15.2. The van der Waals surface area contributed by atoms with E-state index in [2.05, 4.69) is 17.2 Å². The number of aromatic nitrogens is 1. The van der Waals surface area contributed by atoms with Crippen LogP contribution in [0.15, 0.2) is 36.5 Å². The van der Waals surface area contributed by atoms with Gasteiger partial charge in [0.2, 0.25) is 0 Å². The number of halogens is 1. The predicted octanol–water partition coefficient (Wildman–Crippen LogP) is 3.63. The molecule has 4 heteroatoms. The molecule has 0 aliphatic heterocycles. The largest absolute Gasteiger partial charge is 0.494 e. The lowest BCUT2D eigenvalue weighted by Crippen LogP contribution is -2.24. The zero-order valence-electron chi connectivity index (χ0n) is 12.7. The molecule has 0 spiro atoms. The van der Waals surface area contributed by atoms with Gasteiger partial charge in [-0.1, -0.05) is 25.1 Å². The lowest BCUT2D eigenvalue weighted by molar-refractivity contribution is 0.381.